The molecule has 1 aliphatic carbocycles. The number of rotatable bonds is 5. The van der Waals surface area contributed by atoms with Gasteiger partial charge in [-0.2, -0.15) is 0 Å². The maximum atomic E-state index is 13.4. The molecule has 1 aliphatic rings. The van der Waals surface area contributed by atoms with E-state index in [-0.39, 0.29) is 34.4 Å². The van der Waals surface area contributed by atoms with Crippen LogP contribution in [0, 0.1) is 29.9 Å². The highest BCUT2D eigenvalue weighted by Crippen LogP contribution is 2.65. The first-order valence-electron chi connectivity index (χ1n) is 8.53. The molecule has 0 amide bonds. The lowest BCUT2D eigenvalue weighted by molar-refractivity contribution is -0.120. The highest BCUT2D eigenvalue weighted by molar-refractivity contribution is 7.89. The van der Waals surface area contributed by atoms with Crippen molar-refractivity contribution in [3.05, 3.63) is 64.7 Å². The molecule has 7 heteroatoms. The highest BCUT2D eigenvalue weighted by Gasteiger charge is 2.61. The lowest BCUT2D eigenvalue weighted by Crippen LogP contribution is -2.13. The Labute approximate surface area is 157 Å². The molecule has 2 N–H and O–H groups in total. The van der Waals surface area contributed by atoms with Crippen molar-refractivity contribution >= 4 is 15.8 Å². The maximum Gasteiger partial charge on any atom is 0.238 e. The molecule has 27 heavy (non-hydrogen) atoms. The summed E-state index contributed by atoms with van der Waals surface area (Å²) in [5.74, 6) is -2.31. The zero-order valence-corrected chi connectivity index (χ0v) is 16.1. The summed E-state index contributed by atoms with van der Waals surface area (Å²) in [6, 6.07) is 8.36. The van der Waals surface area contributed by atoms with E-state index >= 15 is 0 Å². The molecule has 0 bridgehead atoms. The second kappa shape index (κ2) is 6.49. The number of carbonyl (C=O) groups is 1. The Morgan fingerprint density at radius 3 is 2.33 bits per heavy atom. The molecule has 2 aromatic carbocycles. The normalized spacial score (nSPS) is 21.1. The number of nitrogens with two attached hydrogens (primary N) is 1. The predicted octanol–water partition coefficient (Wildman–Crippen LogP) is 3.47. The van der Waals surface area contributed by atoms with Crippen molar-refractivity contribution in [2.75, 3.05) is 0 Å². The number of aryl methyl sites for hydroxylation is 1. The van der Waals surface area contributed by atoms with Crippen molar-refractivity contribution in [2.24, 2.45) is 16.5 Å². The van der Waals surface area contributed by atoms with Gasteiger partial charge in [-0.1, -0.05) is 32.0 Å². The van der Waals surface area contributed by atoms with Gasteiger partial charge in [0.25, 0.3) is 0 Å². The average Bonchev–Trinajstić information content (AvgIpc) is 3.12. The molecule has 0 spiro atoms. The molecular weight excluding hydrogens is 372 g/mol. The molecule has 0 aliphatic heterocycles. The number of primary sulfonamides is 1. The number of hydrogen-bond acceptors (Lipinski definition) is 3. The van der Waals surface area contributed by atoms with E-state index in [0.717, 1.165) is 17.7 Å². The molecular formula is C20H21F2NO3S. The fourth-order valence-corrected chi connectivity index (χ4v) is 4.77. The summed E-state index contributed by atoms with van der Waals surface area (Å²) in [6.07, 6.45) is 0.0239. The Kier molecular flexibility index (Phi) is 4.72. The number of Topliss-reactive ketones (excluding diaryl/α,β-unsaturated/α-hetero) is 1. The third kappa shape index (κ3) is 3.66. The van der Waals surface area contributed by atoms with Crippen LogP contribution < -0.4 is 5.14 Å². The van der Waals surface area contributed by atoms with Crippen LogP contribution in [0.25, 0.3) is 0 Å². The van der Waals surface area contributed by atoms with Crippen molar-refractivity contribution in [2.45, 2.75) is 38.0 Å². The third-order valence-corrected chi connectivity index (χ3v) is 6.47. The van der Waals surface area contributed by atoms with Crippen LogP contribution in [-0.4, -0.2) is 14.2 Å². The van der Waals surface area contributed by atoms with Gasteiger partial charge in [0.15, 0.2) is 11.6 Å². The van der Waals surface area contributed by atoms with Gasteiger partial charge in [-0.15, -0.1) is 0 Å². The summed E-state index contributed by atoms with van der Waals surface area (Å²) in [5, 5.41) is 5.20. The highest BCUT2D eigenvalue weighted by atomic mass is 32.2. The second-order valence-corrected chi connectivity index (χ2v) is 9.27. The van der Waals surface area contributed by atoms with Crippen LogP contribution in [0.4, 0.5) is 8.78 Å². The average molecular weight is 393 g/mol. The number of hydrogen-bond donors (Lipinski definition) is 1. The van der Waals surface area contributed by atoms with Gasteiger partial charge < -0.3 is 0 Å². The fraction of sp³-hybridized carbons (Fsp3) is 0.350. The van der Waals surface area contributed by atoms with Gasteiger partial charge in [0, 0.05) is 12.3 Å². The zero-order chi connectivity index (χ0) is 20.1. The van der Waals surface area contributed by atoms with E-state index in [9.17, 15) is 22.0 Å². The predicted molar refractivity (Wildman–Crippen MR) is 97.6 cm³/mol. The number of ketones is 1. The van der Waals surface area contributed by atoms with E-state index in [2.05, 4.69) is 0 Å². The van der Waals surface area contributed by atoms with Crippen LogP contribution in [0.5, 0.6) is 0 Å². The molecule has 0 saturated heterocycles. The number of sulfonamides is 1. The molecule has 0 unspecified atom stereocenters. The van der Waals surface area contributed by atoms with E-state index in [1.807, 2.05) is 13.8 Å². The molecule has 144 valence electrons. The molecule has 1 saturated carbocycles. The zero-order valence-electron chi connectivity index (χ0n) is 15.3. The van der Waals surface area contributed by atoms with Crippen LogP contribution in [0.2, 0.25) is 0 Å². The SMILES string of the molecule is Cc1cc([C@@H]2[C@@H](C(=O)Cc3ccc(F)c(F)c3)C2(C)C)ccc1S(N)(=O)=O. The monoisotopic (exact) mass is 393 g/mol. The fourth-order valence-electron chi connectivity index (χ4n) is 4.01. The van der Waals surface area contributed by atoms with Gasteiger partial charge >= 0.3 is 0 Å². The lowest BCUT2D eigenvalue weighted by atomic mass is 10.0. The van der Waals surface area contributed by atoms with Gasteiger partial charge in [-0.3, -0.25) is 4.79 Å². The van der Waals surface area contributed by atoms with Crippen LogP contribution in [-0.2, 0) is 21.2 Å². The van der Waals surface area contributed by atoms with Crippen molar-refractivity contribution < 1.29 is 22.0 Å². The minimum atomic E-state index is -3.80. The van der Waals surface area contributed by atoms with Crippen molar-refractivity contribution in [3.63, 3.8) is 0 Å². The third-order valence-electron chi connectivity index (χ3n) is 5.40. The van der Waals surface area contributed by atoms with E-state index < -0.39 is 21.7 Å². The van der Waals surface area contributed by atoms with Gasteiger partial charge in [-0.05, 0) is 53.1 Å². The quantitative estimate of drug-likeness (QED) is 0.845. The Hall–Kier alpha value is -2.12. The largest absolute Gasteiger partial charge is 0.299 e. The molecule has 2 aromatic rings. The topological polar surface area (TPSA) is 77.2 Å². The summed E-state index contributed by atoms with van der Waals surface area (Å²) in [5.41, 5.74) is 1.53. The smallest absolute Gasteiger partial charge is 0.238 e. The van der Waals surface area contributed by atoms with E-state index in [0.29, 0.717) is 11.1 Å². The second-order valence-electron chi connectivity index (χ2n) is 7.74. The Bertz CT molecular complexity index is 1030. The van der Waals surface area contributed by atoms with Crippen molar-refractivity contribution in [1.82, 2.24) is 0 Å². The number of benzene rings is 2. The lowest BCUT2D eigenvalue weighted by Gasteiger charge is -2.08. The van der Waals surface area contributed by atoms with Crippen LogP contribution in [0.15, 0.2) is 41.3 Å². The summed E-state index contributed by atoms with van der Waals surface area (Å²) >= 11 is 0. The molecule has 4 nitrogen and oxygen atoms in total. The first-order valence-corrected chi connectivity index (χ1v) is 10.1. The van der Waals surface area contributed by atoms with E-state index in [1.165, 1.54) is 12.1 Å². The number of carbonyl (C=O) groups excluding carboxylic acids is 1. The summed E-state index contributed by atoms with van der Waals surface area (Å²) < 4.78 is 49.6. The maximum absolute atomic E-state index is 13.4. The van der Waals surface area contributed by atoms with Gasteiger partial charge in [0.05, 0.1) is 4.90 Å². The van der Waals surface area contributed by atoms with Gasteiger partial charge in [0.1, 0.15) is 5.78 Å². The van der Waals surface area contributed by atoms with E-state index in [4.69, 9.17) is 5.14 Å². The molecule has 0 radical (unpaired) electrons. The molecule has 0 aromatic heterocycles. The first kappa shape index (κ1) is 19.6. The first-order chi connectivity index (χ1) is 12.4. The summed E-state index contributed by atoms with van der Waals surface area (Å²) in [6.45, 7) is 5.60. The standard InChI is InChI=1S/C20H21F2NO3S/c1-11-8-13(5-7-17(11)27(23,25)26)18-19(20(18,2)3)16(24)10-12-4-6-14(21)15(22)9-12/h4-9,18-19H,10H2,1-3H3,(H2,23,25,26)/t18-,19-/m1/s1. The Balaban J connectivity index is 1.83. The van der Waals surface area contributed by atoms with Gasteiger partial charge in [0.2, 0.25) is 10.0 Å². The molecule has 1 fully saturated rings. The van der Waals surface area contributed by atoms with Crippen LogP contribution in [0.1, 0.15) is 36.5 Å². The van der Waals surface area contributed by atoms with E-state index in [1.54, 1.807) is 19.1 Å². The van der Waals surface area contributed by atoms with Crippen molar-refractivity contribution in [3.8, 4) is 0 Å². The summed E-state index contributed by atoms with van der Waals surface area (Å²) in [4.78, 5) is 12.8. The molecule has 0 heterocycles. The van der Waals surface area contributed by atoms with Crippen LogP contribution in [0.3, 0.4) is 0 Å². The Morgan fingerprint density at radius 2 is 1.78 bits per heavy atom. The molecule has 2 atom stereocenters. The van der Waals surface area contributed by atoms with Crippen molar-refractivity contribution in [1.29, 1.82) is 0 Å². The minimum absolute atomic E-state index is 0.0239. The summed E-state index contributed by atoms with van der Waals surface area (Å²) in [7, 11) is -3.80. The van der Waals surface area contributed by atoms with Gasteiger partial charge in [-0.25, -0.2) is 22.3 Å². The van der Waals surface area contributed by atoms with Crippen LogP contribution >= 0.6 is 0 Å². The number of halogens is 2. The molecule has 3 rings (SSSR count). The Morgan fingerprint density at radius 1 is 1.11 bits per heavy atom. The minimum Gasteiger partial charge on any atom is -0.299 e.